The summed E-state index contributed by atoms with van der Waals surface area (Å²) >= 11 is 0. The Morgan fingerprint density at radius 3 is 1.65 bits per heavy atom. The number of hydrogen-bond donors (Lipinski definition) is 4. The van der Waals surface area contributed by atoms with E-state index in [9.17, 15) is 20.4 Å². The Bertz CT molecular complexity index is 2510. The molecule has 9 heteroatoms. The highest BCUT2D eigenvalue weighted by Gasteiger charge is 2.45. The molecule has 4 aliphatic heterocycles. The van der Waals surface area contributed by atoms with Gasteiger partial charge in [0, 0.05) is 0 Å². The van der Waals surface area contributed by atoms with Crippen molar-refractivity contribution in [2.45, 2.75) is 159 Å². The first-order valence-electron chi connectivity index (χ1n) is 26.0. The minimum absolute atomic E-state index is 0.0218. The number of rotatable bonds is 13. The second kappa shape index (κ2) is 21.4. The normalized spacial score (nSPS) is 28.6. The first-order chi connectivity index (χ1) is 33.6. The Hall–Kier alpha value is -4.58. The van der Waals surface area contributed by atoms with Gasteiger partial charge in [-0.15, -0.1) is 0 Å². The highest BCUT2D eigenvalue weighted by atomic mass is 16.6. The lowest BCUT2D eigenvalue weighted by Crippen LogP contribution is -2.55. The number of aliphatic hydroxyl groups is 4. The summed E-state index contributed by atoms with van der Waals surface area (Å²) in [4.78, 5) is 0. The number of benzene rings is 5. The van der Waals surface area contributed by atoms with Crippen molar-refractivity contribution >= 4 is 0 Å². The van der Waals surface area contributed by atoms with E-state index >= 15 is 0 Å². The fraction of sp³-hybridized carbons (Fsp3) is 0.500. The van der Waals surface area contributed by atoms with Crippen LogP contribution in [0.4, 0.5) is 0 Å². The Morgan fingerprint density at radius 1 is 0.565 bits per heavy atom. The zero-order chi connectivity index (χ0) is 47.6. The van der Waals surface area contributed by atoms with Gasteiger partial charge in [-0.25, -0.2) is 0 Å². The summed E-state index contributed by atoms with van der Waals surface area (Å²) < 4.78 is 30.9. The molecule has 69 heavy (non-hydrogen) atoms. The maximum absolute atomic E-state index is 10.5. The minimum atomic E-state index is -1.37. The number of aryl methyl sites for hydroxylation is 2. The zero-order valence-electron chi connectivity index (χ0n) is 40.7. The maximum atomic E-state index is 10.5. The summed E-state index contributed by atoms with van der Waals surface area (Å²) in [6.45, 7) is 8.74. The zero-order valence-corrected chi connectivity index (χ0v) is 40.7. The van der Waals surface area contributed by atoms with Crippen molar-refractivity contribution in [1.29, 1.82) is 0 Å². The predicted octanol–water partition coefficient (Wildman–Crippen LogP) is 10.2. The third-order valence-corrected chi connectivity index (χ3v) is 15.9. The van der Waals surface area contributed by atoms with E-state index < -0.39 is 37.1 Å². The van der Waals surface area contributed by atoms with Crippen LogP contribution in [-0.2, 0) is 46.5 Å². The van der Waals surface area contributed by atoms with Crippen LogP contribution in [0, 0.1) is 11.8 Å². The van der Waals surface area contributed by atoms with Crippen molar-refractivity contribution in [2.24, 2.45) is 11.8 Å². The number of aliphatic hydroxyl groups excluding tert-OH is 4. The van der Waals surface area contributed by atoms with Gasteiger partial charge < -0.3 is 44.1 Å². The van der Waals surface area contributed by atoms with E-state index in [4.69, 9.17) is 23.7 Å². The van der Waals surface area contributed by atoms with E-state index in [1.807, 2.05) is 6.07 Å². The molecule has 10 atom stereocenters. The van der Waals surface area contributed by atoms with E-state index in [1.54, 1.807) is 0 Å². The van der Waals surface area contributed by atoms with Gasteiger partial charge in [-0.2, -0.15) is 0 Å². The smallest absolute Gasteiger partial charge is 0.122 e. The van der Waals surface area contributed by atoms with Crippen molar-refractivity contribution in [3.05, 3.63) is 164 Å². The van der Waals surface area contributed by atoms with Crippen LogP contribution >= 0.6 is 0 Å². The molecule has 366 valence electrons. The second-order valence-electron chi connectivity index (χ2n) is 20.8. The average molecular weight is 937 g/mol. The lowest BCUT2D eigenvalue weighted by atomic mass is 9.78. The number of ether oxygens (including phenoxy) is 5. The summed E-state index contributed by atoms with van der Waals surface area (Å²) in [5.74, 6) is 4.19. The van der Waals surface area contributed by atoms with Crippen LogP contribution in [0.5, 0.6) is 11.5 Å². The lowest BCUT2D eigenvalue weighted by Gasteiger charge is -2.45. The predicted molar refractivity (Wildman–Crippen MR) is 267 cm³/mol. The van der Waals surface area contributed by atoms with Gasteiger partial charge in [0.2, 0.25) is 0 Å². The lowest BCUT2D eigenvalue weighted by molar-refractivity contribution is -0.231. The molecule has 2 unspecified atom stereocenters. The topological polar surface area (TPSA) is 127 Å². The summed E-state index contributed by atoms with van der Waals surface area (Å²) in [7, 11) is 0. The van der Waals surface area contributed by atoms with Gasteiger partial charge in [-0.05, 0) is 168 Å². The van der Waals surface area contributed by atoms with Crippen molar-refractivity contribution in [3.8, 4) is 11.5 Å². The van der Waals surface area contributed by atoms with Crippen molar-refractivity contribution in [3.63, 3.8) is 0 Å². The highest BCUT2D eigenvalue weighted by Crippen LogP contribution is 2.47. The van der Waals surface area contributed by atoms with Crippen LogP contribution < -0.4 is 9.47 Å². The maximum Gasteiger partial charge on any atom is 0.122 e. The van der Waals surface area contributed by atoms with Gasteiger partial charge >= 0.3 is 0 Å². The fourth-order valence-electron chi connectivity index (χ4n) is 11.4. The van der Waals surface area contributed by atoms with Gasteiger partial charge in [0.25, 0.3) is 0 Å². The molecular weight excluding hydrogens is 865 g/mol. The summed E-state index contributed by atoms with van der Waals surface area (Å²) in [6.07, 6.45) is 6.54. The van der Waals surface area contributed by atoms with E-state index in [1.165, 1.54) is 81.3 Å². The van der Waals surface area contributed by atoms with Crippen LogP contribution in [0.15, 0.2) is 103 Å². The summed E-state index contributed by atoms with van der Waals surface area (Å²) in [5, 5.41) is 40.3. The highest BCUT2D eigenvalue weighted by molar-refractivity contribution is 5.46. The Balaban J connectivity index is 0.000000164. The average Bonchev–Trinajstić information content (AvgIpc) is 4.33. The molecule has 5 aromatic carbocycles. The molecule has 2 aliphatic carbocycles. The molecule has 9 nitrogen and oxygen atoms in total. The molecule has 5 aromatic rings. The van der Waals surface area contributed by atoms with Gasteiger partial charge in [0.1, 0.15) is 48.1 Å². The molecule has 0 radical (unpaired) electrons. The molecule has 0 aromatic heterocycles. The van der Waals surface area contributed by atoms with Crippen molar-refractivity contribution in [1.82, 2.24) is 0 Å². The largest absolute Gasteiger partial charge is 0.493 e. The van der Waals surface area contributed by atoms with Crippen LogP contribution in [0.2, 0.25) is 0 Å². The molecule has 0 spiro atoms. The first kappa shape index (κ1) is 48.1. The van der Waals surface area contributed by atoms with Crippen molar-refractivity contribution in [2.75, 3.05) is 19.8 Å². The summed E-state index contributed by atoms with van der Waals surface area (Å²) in [6, 6.07) is 37.0. The van der Waals surface area contributed by atoms with Gasteiger partial charge in [0.05, 0.1) is 38.6 Å². The quantitative estimate of drug-likeness (QED) is 0.0913. The van der Waals surface area contributed by atoms with Crippen LogP contribution in [0.1, 0.15) is 151 Å². The van der Waals surface area contributed by atoms with Crippen LogP contribution in [0.3, 0.4) is 0 Å². The molecule has 0 amide bonds. The second-order valence-corrected chi connectivity index (χ2v) is 20.8. The first-order valence-corrected chi connectivity index (χ1v) is 26.0. The van der Waals surface area contributed by atoms with E-state index in [2.05, 4.69) is 118 Å². The van der Waals surface area contributed by atoms with Crippen LogP contribution in [-0.4, -0.2) is 76.9 Å². The third kappa shape index (κ3) is 10.9. The van der Waals surface area contributed by atoms with Gasteiger partial charge in [0.15, 0.2) is 0 Å². The molecule has 4 fully saturated rings. The van der Waals surface area contributed by atoms with Gasteiger partial charge in [-0.3, -0.25) is 0 Å². The Morgan fingerprint density at radius 2 is 1.12 bits per heavy atom. The monoisotopic (exact) mass is 937 g/mol. The van der Waals surface area contributed by atoms with E-state index in [-0.39, 0.29) is 18.3 Å². The molecule has 4 heterocycles. The Labute approximate surface area is 408 Å². The van der Waals surface area contributed by atoms with Crippen molar-refractivity contribution < 1.29 is 44.1 Å². The SMILES string of the molecule is CC[C@H]1OC(c2ccc(C3CC3)c(Cc3ccc4c(c3)CCCO4)c2)[C@H](OCc2ccccc2)[C@@H](C)[C@@H]1C.OC[C@H]1OC(c2ccc(C3CC3)c(Cc3ccc4c(c3)CCCO4)c2)[C@H](O)[C@@H](O)[C@@H]1O. The molecule has 2 saturated heterocycles. The molecule has 11 rings (SSSR count). The molecule has 2 saturated carbocycles. The standard InChI is InChI=1S/C35H42O3.C25H30O6/c1-4-32-23(2)24(3)34(37-22-25-9-6-5-7-10-25)35(38-32)29-15-16-31(27-13-14-27)30(21-29)20-26-12-17-33-28(19-26)11-8-18-36-33;26-13-21-22(27)23(28)24(29)25(31-21)17-6-7-19(15-4-5-15)18(12-17)11-14-3-8-20-16(10-14)2-1-9-30-20/h5-7,9-10,12,15-17,19,21,23-24,27,32,34-35H,4,8,11,13-14,18,20,22H2,1-3H3;3,6-8,10,12,15,21-29H,1-2,4-5,9,11,13H2/t23-,24-,32+,34+,35?;21-,22-,23+,24-,25?/m01/s1. The fourth-order valence-corrected chi connectivity index (χ4v) is 11.4. The summed E-state index contributed by atoms with van der Waals surface area (Å²) in [5.41, 5.74) is 13.9. The minimum Gasteiger partial charge on any atom is -0.493 e. The van der Waals surface area contributed by atoms with Gasteiger partial charge in [-0.1, -0.05) is 112 Å². The van der Waals surface area contributed by atoms with E-state index in [0.717, 1.165) is 75.2 Å². The van der Waals surface area contributed by atoms with Crippen LogP contribution in [0.25, 0.3) is 0 Å². The number of hydrogen-bond acceptors (Lipinski definition) is 9. The molecule has 6 aliphatic rings. The molecule has 4 N–H and O–H groups in total. The molecular formula is C60H72O9. The Kier molecular flexibility index (Phi) is 14.9. The third-order valence-electron chi connectivity index (χ3n) is 15.9. The number of fused-ring (bicyclic) bond motifs is 2. The van der Waals surface area contributed by atoms with E-state index in [0.29, 0.717) is 30.3 Å². The molecule has 0 bridgehead atoms.